The summed E-state index contributed by atoms with van der Waals surface area (Å²) in [6, 6.07) is 14.5. The molecule has 2 aliphatic rings. The molecule has 2 fully saturated rings. The third-order valence-electron chi connectivity index (χ3n) is 7.82. The molecule has 8 nitrogen and oxygen atoms in total. The van der Waals surface area contributed by atoms with Gasteiger partial charge in [-0.15, -0.1) is 0 Å². The van der Waals surface area contributed by atoms with E-state index in [0.717, 1.165) is 63.1 Å². The second kappa shape index (κ2) is 12.2. The lowest BCUT2D eigenvalue weighted by Crippen LogP contribution is -2.44. The van der Waals surface area contributed by atoms with Crippen LogP contribution in [-0.2, 0) is 6.42 Å². The number of carbonyl (C=O) groups is 1. The van der Waals surface area contributed by atoms with Gasteiger partial charge in [0, 0.05) is 67.5 Å². The van der Waals surface area contributed by atoms with E-state index in [1.165, 1.54) is 12.1 Å². The van der Waals surface area contributed by atoms with Crippen LogP contribution >= 0.6 is 0 Å². The lowest BCUT2D eigenvalue weighted by Gasteiger charge is -2.34. The number of carbonyl (C=O) groups excluding carboxylic acids is 1. The molecule has 0 bridgehead atoms. The third kappa shape index (κ3) is 7.01. The van der Waals surface area contributed by atoms with Crippen molar-refractivity contribution in [3.63, 3.8) is 0 Å². The number of halogens is 2. The standard InChI is InChI=1S/C31H37F2N7O/c1-38-9-11-40(12-10-38)25-4-5-26(29(18-25)36-24-7-8-39(2)19-24)31(41)37-30(35)27-16-20(3-6-28(27)34)13-21-14-22(32)17-23(33)15-21/h3-6,14-18,24,36H,7-13,19,34H2,1-2H3,(H2,35,37,41). The molecule has 0 aliphatic carbocycles. The highest BCUT2D eigenvalue weighted by atomic mass is 19.1. The van der Waals surface area contributed by atoms with E-state index in [0.29, 0.717) is 27.9 Å². The fraction of sp³-hybridized carbons (Fsp3) is 0.355. The molecule has 216 valence electrons. The van der Waals surface area contributed by atoms with Crippen LogP contribution in [0.4, 0.5) is 25.8 Å². The van der Waals surface area contributed by atoms with Crippen LogP contribution in [0.15, 0.2) is 54.6 Å². The summed E-state index contributed by atoms with van der Waals surface area (Å²) in [7, 11) is 4.20. The minimum atomic E-state index is -0.650. The quantitative estimate of drug-likeness (QED) is 0.199. The lowest BCUT2D eigenvalue weighted by molar-refractivity contribution is 0.0977. The Morgan fingerprint density at radius 2 is 1.63 bits per heavy atom. The Balaban J connectivity index is 1.36. The van der Waals surface area contributed by atoms with Gasteiger partial charge in [-0.2, -0.15) is 0 Å². The number of nitrogen functional groups attached to an aromatic ring is 1. The summed E-state index contributed by atoms with van der Waals surface area (Å²) in [5.74, 6) is -1.86. The molecule has 0 saturated carbocycles. The number of likely N-dealkylation sites (tertiary alicyclic amines) is 1. The minimum absolute atomic E-state index is 0.144. The number of amides is 1. The second-order valence-electron chi connectivity index (χ2n) is 11.1. The number of hydrogen-bond donors (Lipinski definition) is 4. The first-order valence-corrected chi connectivity index (χ1v) is 13.9. The molecule has 2 aliphatic heterocycles. The van der Waals surface area contributed by atoms with Gasteiger partial charge >= 0.3 is 0 Å². The van der Waals surface area contributed by atoms with Gasteiger partial charge in [-0.25, -0.2) is 8.78 Å². The van der Waals surface area contributed by atoms with Gasteiger partial charge in [0.2, 0.25) is 0 Å². The molecule has 0 aromatic heterocycles. The van der Waals surface area contributed by atoms with Crippen molar-refractivity contribution in [2.24, 2.45) is 0 Å². The average Bonchev–Trinajstić information content (AvgIpc) is 3.33. The van der Waals surface area contributed by atoms with Crippen LogP contribution in [0.5, 0.6) is 0 Å². The molecule has 2 saturated heterocycles. The number of rotatable bonds is 7. The molecule has 1 unspecified atom stereocenters. The van der Waals surface area contributed by atoms with Gasteiger partial charge in [0.1, 0.15) is 17.5 Å². The number of anilines is 3. The third-order valence-corrected chi connectivity index (χ3v) is 7.82. The van der Waals surface area contributed by atoms with Crippen molar-refractivity contribution < 1.29 is 13.6 Å². The number of benzene rings is 3. The van der Waals surface area contributed by atoms with E-state index in [1.54, 1.807) is 18.2 Å². The van der Waals surface area contributed by atoms with Gasteiger partial charge in [-0.3, -0.25) is 10.2 Å². The van der Waals surface area contributed by atoms with Gasteiger partial charge in [0.25, 0.3) is 5.91 Å². The van der Waals surface area contributed by atoms with Crippen LogP contribution in [-0.4, -0.2) is 80.9 Å². The van der Waals surface area contributed by atoms with Crippen molar-refractivity contribution in [3.05, 3.63) is 88.5 Å². The van der Waals surface area contributed by atoms with Crippen molar-refractivity contribution in [2.75, 3.05) is 69.3 Å². The number of nitrogens with two attached hydrogens (primary N) is 1. The number of nitrogens with zero attached hydrogens (tertiary/aromatic N) is 3. The highest BCUT2D eigenvalue weighted by molar-refractivity contribution is 6.15. The Bertz CT molecular complexity index is 1420. The highest BCUT2D eigenvalue weighted by Crippen LogP contribution is 2.27. The summed E-state index contributed by atoms with van der Waals surface area (Å²) >= 11 is 0. The summed E-state index contributed by atoms with van der Waals surface area (Å²) < 4.78 is 27.4. The molecule has 10 heteroatoms. The van der Waals surface area contributed by atoms with Crippen molar-refractivity contribution in [1.29, 1.82) is 5.41 Å². The monoisotopic (exact) mass is 561 g/mol. The van der Waals surface area contributed by atoms with Gasteiger partial charge in [-0.1, -0.05) is 6.07 Å². The first-order valence-electron chi connectivity index (χ1n) is 13.9. The Kier molecular flexibility index (Phi) is 8.51. The Hall–Kier alpha value is -4.02. The average molecular weight is 562 g/mol. The topological polar surface area (TPSA) is 101 Å². The first kappa shape index (κ1) is 28.5. The minimum Gasteiger partial charge on any atom is -0.398 e. The molecular formula is C31H37F2N7O. The molecule has 0 spiro atoms. The van der Waals surface area contributed by atoms with Gasteiger partial charge in [0.15, 0.2) is 0 Å². The van der Waals surface area contributed by atoms with E-state index in [4.69, 9.17) is 11.1 Å². The number of nitrogens with one attached hydrogen (secondary N) is 3. The van der Waals surface area contributed by atoms with Gasteiger partial charge in [-0.05, 0) is 87.1 Å². The summed E-state index contributed by atoms with van der Waals surface area (Å²) in [6.07, 6.45) is 1.23. The number of hydrogen-bond acceptors (Lipinski definition) is 7. The summed E-state index contributed by atoms with van der Waals surface area (Å²) in [5.41, 5.74) is 10.3. The van der Waals surface area contributed by atoms with Crippen LogP contribution in [0.25, 0.3) is 0 Å². The molecule has 41 heavy (non-hydrogen) atoms. The van der Waals surface area contributed by atoms with E-state index in [-0.39, 0.29) is 18.3 Å². The van der Waals surface area contributed by atoms with Crippen LogP contribution in [0.3, 0.4) is 0 Å². The largest absolute Gasteiger partial charge is 0.398 e. The lowest BCUT2D eigenvalue weighted by atomic mass is 10.0. The Labute approximate surface area is 239 Å². The molecule has 1 amide bonds. The predicted molar refractivity (Wildman–Crippen MR) is 160 cm³/mol. The zero-order chi connectivity index (χ0) is 29.1. The zero-order valence-electron chi connectivity index (χ0n) is 23.5. The highest BCUT2D eigenvalue weighted by Gasteiger charge is 2.24. The van der Waals surface area contributed by atoms with Crippen molar-refractivity contribution >= 4 is 28.8 Å². The smallest absolute Gasteiger partial charge is 0.258 e. The fourth-order valence-electron chi connectivity index (χ4n) is 5.51. The second-order valence-corrected chi connectivity index (χ2v) is 11.1. The maximum atomic E-state index is 13.7. The van der Waals surface area contributed by atoms with E-state index in [9.17, 15) is 13.6 Å². The van der Waals surface area contributed by atoms with Crippen LogP contribution < -0.4 is 21.3 Å². The Morgan fingerprint density at radius 1 is 0.902 bits per heavy atom. The molecule has 0 radical (unpaired) electrons. The van der Waals surface area contributed by atoms with Crippen molar-refractivity contribution in [2.45, 2.75) is 18.9 Å². The fourth-order valence-corrected chi connectivity index (χ4v) is 5.51. The van der Waals surface area contributed by atoms with Gasteiger partial charge < -0.3 is 31.1 Å². The van der Waals surface area contributed by atoms with Crippen molar-refractivity contribution in [3.8, 4) is 0 Å². The van der Waals surface area contributed by atoms with E-state index < -0.39 is 17.5 Å². The van der Waals surface area contributed by atoms with Crippen LogP contribution in [0.1, 0.15) is 33.5 Å². The molecule has 3 aromatic rings. The zero-order valence-corrected chi connectivity index (χ0v) is 23.5. The molecular weight excluding hydrogens is 524 g/mol. The van der Waals surface area contributed by atoms with Crippen LogP contribution in [0.2, 0.25) is 0 Å². The molecule has 5 rings (SSSR count). The van der Waals surface area contributed by atoms with E-state index >= 15 is 0 Å². The Morgan fingerprint density at radius 3 is 2.32 bits per heavy atom. The first-order chi connectivity index (χ1) is 19.6. The van der Waals surface area contributed by atoms with Gasteiger partial charge in [0.05, 0.1) is 5.56 Å². The number of amidine groups is 1. The van der Waals surface area contributed by atoms with Crippen LogP contribution in [0, 0.1) is 17.0 Å². The summed E-state index contributed by atoms with van der Waals surface area (Å²) in [4.78, 5) is 20.4. The predicted octanol–water partition coefficient (Wildman–Crippen LogP) is 3.76. The maximum Gasteiger partial charge on any atom is 0.258 e. The molecule has 2 heterocycles. The maximum absolute atomic E-state index is 13.7. The molecule has 5 N–H and O–H groups in total. The normalized spacial score (nSPS) is 18.0. The number of likely N-dealkylation sites (N-methyl/N-ethyl adjacent to an activating group) is 2. The summed E-state index contributed by atoms with van der Waals surface area (Å²) in [5, 5.41) is 15.0. The molecule has 3 aromatic carbocycles. The van der Waals surface area contributed by atoms with Crippen molar-refractivity contribution in [1.82, 2.24) is 15.1 Å². The molecule has 1 atom stereocenters. The van der Waals surface area contributed by atoms with E-state index in [1.807, 2.05) is 18.2 Å². The van der Waals surface area contributed by atoms with E-state index in [2.05, 4.69) is 39.4 Å². The summed E-state index contributed by atoms with van der Waals surface area (Å²) in [6.45, 7) is 5.65. The SMILES string of the molecule is CN1CCN(c2ccc(C(=O)NC(=N)c3cc(Cc4cc(F)cc(F)c4)ccc3N)c(NC3CCN(C)C3)c2)CC1. The number of piperazine rings is 1.